The van der Waals surface area contributed by atoms with E-state index in [0.717, 1.165) is 48.1 Å². The standard InChI is InChI=1S/C26H30FN/c1-2-3-18-4-8-20(9-5-18)22-12-14-25-23(16-22)13-15-24(26(25)27)21-10-6-19(17-28)7-11-21/h6-7,10-11,13,15,18,20,22H,2-5,8-9,12,14,16H2,1H3. The third-order valence-electron chi connectivity index (χ3n) is 7.17. The molecule has 1 nitrogen and oxygen atoms in total. The Bertz CT molecular complexity index is 853. The molecule has 0 spiro atoms. The van der Waals surface area contributed by atoms with Crippen molar-refractivity contribution in [2.75, 3.05) is 0 Å². The summed E-state index contributed by atoms with van der Waals surface area (Å²) in [5.41, 5.74) is 4.29. The number of benzene rings is 2. The summed E-state index contributed by atoms with van der Waals surface area (Å²) >= 11 is 0. The monoisotopic (exact) mass is 375 g/mol. The summed E-state index contributed by atoms with van der Waals surface area (Å²) in [6, 6.07) is 13.4. The molecule has 2 aromatic rings. The molecule has 0 saturated heterocycles. The highest BCUT2D eigenvalue weighted by Crippen LogP contribution is 2.42. The van der Waals surface area contributed by atoms with Crippen molar-refractivity contribution in [2.45, 2.75) is 64.7 Å². The lowest BCUT2D eigenvalue weighted by Gasteiger charge is -2.36. The summed E-state index contributed by atoms with van der Waals surface area (Å²) in [6.45, 7) is 2.30. The molecule has 1 fully saturated rings. The summed E-state index contributed by atoms with van der Waals surface area (Å²) in [7, 11) is 0. The highest BCUT2D eigenvalue weighted by Gasteiger charge is 2.31. The SMILES string of the molecule is CCCC1CCC(C2CCc3c(ccc(-c4ccc(C#N)cc4)c3F)C2)CC1. The number of nitrogens with zero attached hydrogens (tertiary/aromatic N) is 1. The van der Waals surface area contributed by atoms with Crippen molar-refractivity contribution in [3.05, 3.63) is 58.9 Å². The molecule has 0 bridgehead atoms. The van der Waals surface area contributed by atoms with Crippen molar-refractivity contribution >= 4 is 0 Å². The Hall–Kier alpha value is -2.14. The molecule has 4 rings (SSSR count). The largest absolute Gasteiger partial charge is 0.206 e. The molecule has 2 aliphatic carbocycles. The van der Waals surface area contributed by atoms with Crippen LogP contribution in [0.5, 0.6) is 0 Å². The van der Waals surface area contributed by atoms with Gasteiger partial charge in [-0.1, -0.05) is 56.9 Å². The van der Waals surface area contributed by atoms with Gasteiger partial charge in [0.1, 0.15) is 5.82 Å². The summed E-state index contributed by atoms with van der Waals surface area (Å²) in [5.74, 6) is 2.47. The van der Waals surface area contributed by atoms with Crippen LogP contribution in [0.3, 0.4) is 0 Å². The maximum absolute atomic E-state index is 15.3. The van der Waals surface area contributed by atoms with Gasteiger partial charge < -0.3 is 0 Å². The van der Waals surface area contributed by atoms with Crippen molar-refractivity contribution in [3.8, 4) is 17.2 Å². The second-order valence-corrected chi connectivity index (χ2v) is 8.83. The molecule has 146 valence electrons. The molecule has 1 unspecified atom stereocenters. The summed E-state index contributed by atoms with van der Waals surface area (Å²) in [4.78, 5) is 0. The van der Waals surface area contributed by atoms with Crippen molar-refractivity contribution in [2.24, 2.45) is 17.8 Å². The predicted octanol–water partition coefficient (Wildman–Crippen LogP) is 7.08. The Morgan fingerprint density at radius 3 is 2.39 bits per heavy atom. The molecule has 1 atom stereocenters. The molecule has 0 aromatic heterocycles. The average molecular weight is 376 g/mol. The number of rotatable bonds is 4. The van der Waals surface area contributed by atoms with Crippen LogP contribution in [0.2, 0.25) is 0 Å². The zero-order chi connectivity index (χ0) is 19.5. The van der Waals surface area contributed by atoms with Gasteiger partial charge >= 0.3 is 0 Å². The molecule has 0 aliphatic heterocycles. The lowest BCUT2D eigenvalue weighted by atomic mass is 9.69. The van der Waals surface area contributed by atoms with Crippen LogP contribution in [-0.4, -0.2) is 0 Å². The molecule has 0 N–H and O–H groups in total. The lowest BCUT2D eigenvalue weighted by molar-refractivity contribution is 0.183. The van der Waals surface area contributed by atoms with E-state index in [1.807, 2.05) is 18.2 Å². The van der Waals surface area contributed by atoms with Gasteiger partial charge in [0, 0.05) is 5.56 Å². The second kappa shape index (κ2) is 8.48. The minimum absolute atomic E-state index is 0.0488. The van der Waals surface area contributed by atoms with Gasteiger partial charge in [0.05, 0.1) is 11.6 Å². The number of hydrogen-bond acceptors (Lipinski definition) is 1. The van der Waals surface area contributed by atoms with E-state index >= 15 is 4.39 Å². The number of hydrogen-bond donors (Lipinski definition) is 0. The lowest BCUT2D eigenvalue weighted by Crippen LogP contribution is -2.27. The minimum Gasteiger partial charge on any atom is -0.206 e. The topological polar surface area (TPSA) is 23.8 Å². The van der Waals surface area contributed by atoms with Crippen LogP contribution in [0.4, 0.5) is 4.39 Å². The summed E-state index contributed by atoms with van der Waals surface area (Å²) < 4.78 is 15.3. The predicted molar refractivity (Wildman–Crippen MR) is 112 cm³/mol. The van der Waals surface area contributed by atoms with Crippen LogP contribution in [0.1, 0.15) is 68.6 Å². The molecular formula is C26H30FN. The number of halogens is 1. The fourth-order valence-corrected chi connectivity index (χ4v) is 5.54. The minimum atomic E-state index is -0.0488. The van der Waals surface area contributed by atoms with Gasteiger partial charge in [-0.2, -0.15) is 5.26 Å². The maximum Gasteiger partial charge on any atom is 0.134 e. The molecule has 2 aromatic carbocycles. The van der Waals surface area contributed by atoms with Gasteiger partial charge in [-0.3, -0.25) is 0 Å². The Labute approximate surface area is 168 Å². The Morgan fingerprint density at radius 2 is 1.71 bits per heavy atom. The number of fused-ring (bicyclic) bond motifs is 1. The van der Waals surface area contributed by atoms with Crippen LogP contribution in [0.15, 0.2) is 36.4 Å². The number of nitriles is 1. The quantitative estimate of drug-likeness (QED) is 0.560. The Morgan fingerprint density at radius 1 is 0.964 bits per heavy atom. The van der Waals surface area contributed by atoms with E-state index in [1.165, 1.54) is 44.1 Å². The van der Waals surface area contributed by atoms with Crippen LogP contribution in [-0.2, 0) is 12.8 Å². The second-order valence-electron chi connectivity index (χ2n) is 8.83. The van der Waals surface area contributed by atoms with E-state index in [9.17, 15) is 0 Å². The first-order valence-corrected chi connectivity index (χ1v) is 11.0. The first-order valence-electron chi connectivity index (χ1n) is 11.0. The zero-order valence-electron chi connectivity index (χ0n) is 16.9. The van der Waals surface area contributed by atoms with E-state index in [2.05, 4.69) is 19.1 Å². The Balaban J connectivity index is 1.48. The molecule has 1 saturated carbocycles. The first kappa shape index (κ1) is 19.2. The molecule has 0 amide bonds. The van der Waals surface area contributed by atoms with Crippen LogP contribution in [0.25, 0.3) is 11.1 Å². The van der Waals surface area contributed by atoms with Crippen molar-refractivity contribution in [1.82, 2.24) is 0 Å². The van der Waals surface area contributed by atoms with Gasteiger partial charge in [-0.15, -0.1) is 0 Å². The molecule has 2 heteroatoms. The smallest absolute Gasteiger partial charge is 0.134 e. The fourth-order valence-electron chi connectivity index (χ4n) is 5.54. The van der Waals surface area contributed by atoms with Crippen LogP contribution in [0, 0.1) is 34.9 Å². The molecule has 0 heterocycles. The van der Waals surface area contributed by atoms with E-state index < -0.39 is 0 Å². The zero-order valence-corrected chi connectivity index (χ0v) is 16.9. The van der Waals surface area contributed by atoms with E-state index in [1.54, 1.807) is 12.1 Å². The molecule has 0 radical (unpaired) electrons. The third-order valence-corrected chi connectivity index (χ3v) is 7.17. The summed E-state index contributed by atoms with van der Waals surface area (Å²) in [6.07, 6.45) is 11.3. The van der Waals surface area contributed by atoms with Gasteiger partial charge in [0.15, 0.2) is 0 Å². The van der Waals surface area contributed by atoms with Gasteiger partial charge in [0.2, 0.25) is 0 Å². The Kier molecular flexibility index (Phi) is 5.81. The van der Waals surface area contributed by atoms with Gasteiger partial charge in [0.25, 0.3) is 0 Å². The maximum atomic E-state index is 15.3. The van der Waals surface area contributed by atoms with Gasteiger partial charge in [-0.25, -0.2) is 4.39 Å². The summed E-state index contributed by atoms with van der Waals surface area (Å²) in [5, 5.41) is 8.96. The molecule has 2 aliphatic rings. The normalized spacial score (nSPS) is 24.4. The highest BCUT2D eigenvalue weighted by atomic mass is 19.1. The van der Waals surface area contributed by atoms with Crippen LogP contribution < -0.4 is 0 Å². The molecular weight excluding hydrogens is 345 g/mol. The van der Waals surface area contributed by atoms with Crippen molar-refractivity contribution in [1.29, 1.82) is 5.26 Å². The fraction of sp³-hybridized carbons (Fsp3) is 0.500. The van der Waals surface area contributed by atoms with E-state index in [4.69, 9.17) is 5.26 Å². The van der Waals surface area contributed by atoms with E-state index in [0.29, 0.717) is 11.1 Å². The first-order chi connectivity index (χ1) is 13.7. The van der Waals surface area contributed by atoms with Crippen molar-refractivity contribution < 1.29 is 4.39 Å². The third kappa shape index (κ3) is 3.86. The van der Waals surface area contributed by atoms with E-state index in [-0.39, 0.29) is 5.82 Å². The van der Waals surface area contributed by atoms with Gasteiger partial charge in [-0.05, 0) is 78.7 Å². The highest BCUT2D eigenvalue weighted by molar-refractivity contribution is 5.67. The molecule has 28 heavy (non-hydrogen) atoms. The average Bonchev–Trinajstić information content (AvgIpc) is 2.75. The van der Waals surface area contributed by atoms with Crippen LogP contribution >= 0.6 is 0 Å². The van der Waals surface area contributed by atoms with Crippen molar-refractivity contribution in [3.63, 3.8) is 0 Å².